The van der Waals surface area contributed by atoms with Crippen LogP contribution in [0.1, 0.15) is 32.2 Å². The van der Waals surface area contributed by atoms with Gasteiger partial charge in [0.2, 0.25) is 0 Å². The Morgan fingerprint density at radius 2 is 1.39 bits per heavy atom. The van der Waals surface area contributed by atoms with E-state index < -0.39 is 23.8 Å². The summed E-state index contributed by atoms with van der Waals surface area (Å²) in [6.45, 7) is 3.77. The topological polar surface area (TPSA) is 54.5 Å². The molecule has 2 amide bonds. The van der Waals surface area contributed by atoms with Crippen molar-refractivity contribution in [1.82, 2.24) is 4.90 Å². The molecule has 0 saturated heterocycles. The minimum atomic E-state index is -0.915. The summed E-state index contributed by atoms with van der Waals surface area (Å²) in [5, 5.41) is 0. The van der Waals surface area contributed by atoms with Gasteiger partial charge in [-0.25, -0.2) is 0 Å². The van der Waals surface area contributed by atoms with Crippen molar-refractivity contribution in [2.24, 2.45) is 0 Å². The highest BCUT2D eigenvalue weighted by Crippen LogP contribution is 2.30. The molecule has 4 heteroatoms. The van der Waals surface area contributed by atoms with E-state index in [4.69, 9.17) is 0 Å². The van der Waals surface area contributed by atoms with Gasteiger partial charge in [0.05, 0.1) is 11.1 Å². The highest BCUT2D eigenvalue weighted by atomic mass is 16.2. The van der Waals surface area contributed by atoms with Gasteiger partial charge in [-0.05, 0) is 17.7 Å². The lowest BCUT2D eigenvalue weighted by Crippen LogP contribution is -2.44. The average molecular weight is 305 g/mol. The molecule has 2 atom stereocenters. The maximum Gasteiger partial charge on any atom is 0.262 e. The quantitative estimate of drug-likeness (QED) is 0.485. The lowest BCUT2D eigenvalue weighted by molar-refractivity contribution is -0.111. The minimum absolute atomic E-state index is 0.334. The van der Waals surface area contributed by atoms with Gasteiger partial charge in [-0.1, -0.05) is 48.5 Å². The average Bonchev–Trinajstić information content (AvgIpc) is 2.85. The van der Waals surface area contributed by atoms with Gasteiger partial charge in [0.1, 0.15) is 12.3 Å². The zero-order valence-electron chi connectivity index (χ0n) is 12.4. The van der Waals surface area contributed by atoms with Gasteiger partial charge in [-0.2, -0.15) is 0 Å². The highest BCUT2D eigenvalue weighted by Gasteiger charge is 2.42. The Bertz CT molecular complexity index is 747. The van der Waals surface area contributed by atoms with Crippen molar-refractivity contribution < 1.29 is 14.4 Å². The zero-order chi connectivity index (χ0) is 16.4. The lowest BCUT2D eigenvalue weighted by atomic mass is 9.91. The smallest absolute Gasteiger partial charge is 0.262 e. The molecule has 0 unspecified atom stereocenters. The summed E-state index contributed by atoms with van der Waals surface area (Å²) >= 11 is 0. The van der Waals surface area contributed by atoms with Crippen LogP contribution in [0.3, 0.4) is 0 Å². The first-order valence-electron chi connectivity index (χ1n) is 7.28. The van der Waals surface area contributed by atoms with Crippen molar-refractivity contribution in [2.45, 2.75) is 12.0 Å². The number of carbonyl (C=O) groups is 3. The van der Waals surface area contributed by atoms with Gasteiger partial charge in [-0.15, -0.1) is 6.58 Å². The van der Waals surface area contributed by atoms with Gasteiger partial charge < -0.3 is 4.79 Å². The van der Waals surface area contributed by atoms with E-state index in [1.54, 1.807) is 30.3 Å². The van der Waals surface area contributed by atoms with Crippen LogP contribution in [-0.4, -0.2) is 29.0 Å². The van der Waals surface area contributed by atoms with Crippen LogP contribution in [0.5, 0.6) is 0 Å². The van der Waals surface area contributed by atoms with Crippen LogP contribution in [0, 0.1) is 0 Å². The van der Waals surface area contributed by atoms with E-state index in [2.05, 4.69) is 6.58 Å². The summed E-state index contributed by atoms with van der Waals surface area (Å²) in [5.41, 5.74) is 1.50. The second-order valence-electron chi connectivity index (χ2n) is 5.32. The third-order valence-corrected chi connectivity index (χ3v) is 4.07. The molecule has 1 heterocycles. The van der Waals surface area contributed by atoms with Crippen molar-refractivity contribution >= 4 is 18.1 Å². The van der Waals surface area contributed by atoms with Crippen LogP contribution < -0.4 is 0 Å². The van der Waals surface area contributed by atoms with Crippen LogP contribution in [0.4, 0.5) is 0 Å². The fraction of sp³-hybridized carbons (Fsp3) is 0.105. The van der Waals surface area contributed by atoms with Gasteiger partial charge in [-0.3, -0.25) is 14.5 Å². The SMILES string of the molecule is C=C[C@@H](c1ccccc1)[C@@H](C=O)N1C(=O)c2ccccc2C1=O. The summed E-state index contributed by atoms with van der Waals surface area (Å²) in [4.78, 5) is 37.9. The molecule has 1 aliphatic heterocycles. The van der Waals surface area contributed by atoms with Gasteiger partial charge in [0, 0.05) is 5.92 Å². The number of imide groups is 1. The molecule has 0 radical (unpaired) electrons. The van der Waals surface area contributed by atoms with E-state index in [1.807, 2.05) is 30.3 Å². The Labute approximate surface area is 134 Å². The molecule has 23 heavy (non-hydrogen) atoms. The number of amides is 2. The second kappa shape index (κ2) is 6.01. The van der Waals surface area contributed by atoms with Crippen LogP contribution in [0.15, 0.2) is 67.3 Å². The summed E-state index contributed by atoms with van der Waals surface area (Å²) in [7, 11) is 0. The van der Waals surface area contributed by atoms with Crippen molar-refractivity contribution in [3.63, 3.8) is 0 Å². The number of hydrogen-bond acceptors (Lipinski definition) is 3. The number of benzene rings is 2. The van der Waals surface area contributed by atoms with E-state index in [9.17, 15) is 14.4 Å². The van der Waals surface area contributed by atoms with Gasteiger partial charge >= 0.3 is 0 Å². The first-order valence-corrected chi connectivity index (χ1v) is 7.28. The molecule has 0 N–H and O–H groups in total. The number of carbonyl (C=O) groups excluding carboxylic acids is 3. The molecule has 114 valence electrons. The van der Waals surface area contributed by atoms with E-state index in [-0.39, 0.29) is 0 Å². The van der Waals surface area contributed by atoms with Crippen LogP contribution >= 0.6 is 0 Å². The molecule has 4 nitrogen and oxygen atoms in total. The van der Waals surface area contributed by atoms with Crippen molar-refractivity contribution in [3.8, 4) is 0 Å². The first kappa shape index (κ1) is 14.9. The molecule has 0 spiro atoms. The maximum absolute atomic E-state index is 12.6. The largest absolute Gasteiger partial charge is 0.301 e. The third-order valence-electron chi connectivity index (χ3n) is 4.07. The summed E-state index contributed by atoms with van der Waals surface area (Å²) in [6.07, 6.45) is 2.24. The predicted octanol–water partition coefficient (Wildman–Crippen LogP) is 2.82. The number of rotatable bonds is 5. The molecular weight excluding hydrogens is 290 g/mol. The van der Waals surface area contributed by atoms with E-state index in [0.29, 0.717) is 17.4 Å². The molecular formula is C19H15NO3. The van der Waals surface area contributed by atoms with E-state index in [0.717, 1.165) is 10.5 Å². The number of aldehydes is 1. The highest BCUT2D eigenvalue weighted by molar-refractivity contribution is 6.22. The fourth-order valence-electron chi connectivity index (χ4n) is 2.93. The molecule has 0 saturated carbocycles. The van der Waals surface area contributed by atoms with Crippen LogP contribution in [0.2, 0.25) is 0 Å². The standard InChI is InChI=1S/C19H15NO3/c1-2-14(13-8-4-3-5-9-13)17(12-21)20-18(22)15-10-6-7-11-16(15)19(20)23/h2-12,14,17H,1H2/t14-,17+/m0/s1. The Balaban J connectivity index is 2.02. The molecule has 2 aromatic rings. The molecule has 0 bridgehead atoms. The normalized spacial score (nSPS) is 15.9. The first-order chi connectivity index (χ1) is 11.2. The third kappa shape index (κ3) is 2.38. The Kier molecular flexibility index (Phi) is 3.89. The van der Waals surface area contributed by atoms with Gasteiger partial charge in [0.25, 0.3) is 11.8 Å². The summed E-state index contributed by atoms with van der Waals surface area (Å²) in [6, 6.07) is 14.9. The van der Waals surface area contributed by atoms with Crippen molar-refractivity contribution in [3.05, 3.63) is 83.9 Å². The summed E-state index contributed by atoms with van der Waals surface area (Å²) < 4.78 is 0. The Hall–Kier alpha value is -3.01. The zero-order valence-corrected chi connectivity index (χ0v) is 12.4. The number of fused-ring (bicyclic) bond motifs is 1. The molecule has 3 rings (SSSR count). The Morgan fingerprint density at radius 3 is 1.87 bits per heavy atom. The van der Waals surface area contributed by atoms with Crippen LogP contribution in [-0.2, 0) is 4.79 Å². The summed E-state index contributed by atoms with van der Waals surface area (Å²) in [5.74, 6) is -1.33. The Morgan fingerprint density at radius 1 is 0.870 bits per heavy atom. The molecule has 0 aromatic heterocycles. The van der Waals surface area contributed by atoms with Crippen molar-refractivity contribution in [2.75, 3.05) is 0 Å². The molecule has 2 aromatic carbocycles. The predicted molar refractivity (Wildman–Crippen MR) is 86.2 cm³/mol. The monoisotopic (exact) mass is 305 g/mol. The molecule has 0 aliphatic carbocycles. The molecule has 1 aliphatic rings. The fourth-order valence-corrected chi connectivity index (χ4v) is 2.93. The van der Waals surface area contributed by atoms with Gasteiger partial charge in [0.15, 0.2) is 0 Å². The number of hydrogen-bond donors (Lipinski definition) is 0. The van der Waals surface area contributed by atoms with Crippen molar-refractivity contribution in [1.29, 1.82) is 0 Å². The lowest BCUT2D eigenvalue weighted by Gasteiger charge is -2.27. The van der Waals surface area contributed by atoms with E-state index >= 15 is 0 Å². The van der Waals surface area contributed by atoms with E-state index in [1.165, 1.54) is 0 Å². The minimum Gasteiger partial charge on any atom is -0.301 e. The number of nitrogens with zero attached hydrogens (tertiary/aromatic N) is 1. The van der Waals surface area contributed by atoms with Crippen LogP contribution in [0.25, 0.3) is 0 Å². The molecule has 0 fully saturated rings. The second-order valence-corrected chi connectivity index (χ2v) is 5.32. The maximum atomic E-state index is 12.6.